The van der Waals surface area contributed by atoms with E-state index >= 15 is 0 Å². The normalized spacial score (nSPS) is 19.1. The highest BCUT2D eigenvalue weighted by atomic mass is 31.3. The molecule has 1 fully saturated rings. The third-order valence-electron chi connectivity index (χ3n) is 9.13. The fraction of sp³-hybridized carbons (Fsp3) is 0.514. The molecule has 1 aliphatic heterocycles. The second-order valence-corrected chi connectivity index (χ2v) is 18.8. The van der Waals surface area contributed by atoms with Crippen LogP contribution in [0.2, 0.25) is 0 Å². The Bertz CT molecular complexity index is 2300. The average Bonchev–Trinajstić information content (AvgIpc) is 3.63. The Morgan fingerprint density at radius 1 is 0.818 bits per heavy atom. The van der Waals surface area contributed by atoms with Crippen molar-refractivity contribution in [2.45, 2.75) is 64.0 Å². The largest absolute Gasteiger partial charge is 0.490 e. The van der Waals surface area contributed by atoms with Gasteiger partial charge in [-0.15, -0.1) is 0 Å². The number of phosphoric ester groups is 1. The molecule has 66 heavy (non-hydrogen) atoms. The maximum atomic E-state index is 13.5. The highest BCUT2D eigenvalue weighted by Gasteiger charge is 2.44. The highest BCUT2D eigenvalue weighted by molar-refractivity contribution is 7.66. The van der Waals surface area contributed by atoms with Crippen LogP contribution in [0.15, 0.2) is 53.5 Å². The zero-order valence-corrected chi connectivity index (χ0v) is 38.5. The quantitative estimate of drug-likeness (QED) is 0.0291. The van der Waals surface area contributed by atoms with E-state index in [1.807, 2.05) is 0 Å². The molecule has 4 rings (SSSR count). The minimum absolute atomic E-state index is 0.0281. The molecular weight excluding hydrogens is 941 g/mol. The molecule has 0 amide bonds. The molecule has 7 atom stereocenters. The fourth-order valence-corrected chi connectivity index (χ4v) is 9.19. The van der Waals surface area contributed by atoms with Crippen molar-refractivity contribution in [2.24, 2.45) is 17.2 Å². The van der Waals surface area contributed by atoms with Crippen LogP contribution in [0.25, 0.3) is 0 Å². The van der Waals surface area contributed by atoms with Gasteiger partial charge in [-0.1, -0.05) is 30.3 Å². The fourth-order valence-electron chi connectivity index (χ4n) is 6.16. The maximum absolute atomic E-state index is 13.5. The number of nitrogen functional groups attached to an aromatic ring is 1. The summed E-state index contributed by atoms with van der Waals surface area (Å²) in [7, 11) is -17.2. The number of esters is 2. The van der Waals surface area contributed by atoms with E-state index in [0.717, 1.165) is 10.1 Å². The molecule has 0 saturated carbocycles. The zero-order valence-electron chi connectivity index (χ0n) is 35.9. The number of hydrogen-bond donors (Lipinski definition) is 8. The van der Waals surface area contributed by atoms with E-state index in [9.17, 15) is 37.9 Å². The van der Waals surface area contributed by atoms with Crippen LogP contribution in [0.3, 0.4) is 0 Å². The summed E-state index contributed by atoms with van der Waals surface area (Å²) in [6.07, 6.45) is -3.46. The lowest BCUT2D eigenvalue weighted by molar-refractivity contribution is -0.0512. The van der Waals surface area contributed by atoms with Gasteiger partial charge in [-0.2, -0.15) is 13.6 Å². The number of carbonyl (C=O) groups excluding carboxylic acids is 2. The number of carbonyl (C=O) groups is 2. The summed E-state index contributed by atoms with van der Waals surface area (Å²) in [5, 5.41) is 0. The predicted molar refractivity (Wildman–Crippen MR) is 229 cm³/mol. The number of rotatable bonds is 28. The first-order valence-electron chi connectivity index (χ1n) is 20.0. The van der Waals surface area contributed by atoms with Gasteiger partial charge in [0.2, 0.25) is 0 Å². The first kappa shape index (κ1) is 54.8. The topological polar surface area (TPSA) is 398 Å². The molecule has 368 valence electrons. The highest BCUT2D eigenvalue weighted by Crippen LogP contribution is 2.66. The summed E-state index contributed by atoms with van der Waals surface area (Å²) < 4.78 is 87.8. The number of anilines is 1. The Hall–Kier alpha value is -3.85. The molecule has 12 N–H and O–H groups in total. The Morgan fingerprint density at radius 3 is 2.05 bits per heavy atom. The van der Waals surface area contributed by atoms with Gasteiger partial charge in [0.05, 0.1) is 70.6 Å². The van der Waals surface area contributed by atoms with Gasteiger partial charge in [0.1, 0.15) is 30.9 Å². The number of nitrogens with two attached hydrogens (primary N) is 4. The number of phosphoric acid groups is 3. The molecule has 2 heterocycles. The minimum atomic E-state index is -5.89. The smallest absolute Gasteiger partial charge is 0.457 e. The van der Waals surface area contributed by atoms with Crippen molar-refractivity contribution >= 4 is 41.2 Å². The van der Waals surface area contributed by atoms with E-state index in [1.54, 1.807) is 44.2 Å². The molecule has 0 aliphatic carbocycles. The first-order chi connectivity index (χ1) is 31.1. The second-order valence-electron chi connectivity index (χ2n) is 14.4. The molecule has 4 unspecified atom stereocenters. The first-order valence-corrected chi connectivity index (χ1v) is 24.5. The molecule has 1 aromatic heterocycles. The van der Waals surface area contributed by atoms with Gasteiger partial charge in [0.25, 0.3) is 0 Å². The summed E-state index contributed by atoms with van der Waals surface area (Å²) in [5.41, 5.74) is 24.5. The molecule has 2 aromatic carbocycles. The van der Waals surface area contributed by atoms with E-state index in [0.29, 0.717) is 57.3 Å². The lowest BCUT2D eigenvalue weighted by Gasteiger charge is -2.22. The molecule has 0 spiro atoms. The maximum Gasteiger partial charge on any atom is 0.490 e. The predicted octanol–water partition coefficient (Wildman–Crippen LogP) is 1.60. The molecule has 26 nitrogen and oxygen atoms in total. The third-order valence-corrected chi connectivity index (χ3v) is 12.9. The van der Waals surface area contributed by atoms with Gasteiger partial charge in [-0.05, 0) is 42.7 Å². The average molecular weight is 997 g/mol. The number of hydrogen-bond acceptors (Lipinski definition) is 21. The third kappa shape index (κ3) is 17.7. The van der Waals surface area contributed by atoms with Crippen molar-refractivity contribution < 1.29 is 89.2 Å². The van der Waals surface area contributed by atoms with Crippen molar-refractivity contribution in [2.75, 3.05) is 65.1 Å². The van der Waals surface area contributed by atoms with Crippen molar-refractivity contribution in [3.63, 3.8) is 0 Å². The number of aromatic nitrogens is 2. The van der Waals surface area contributed by atoms with Gasteiger partial charge in [0.15, 0.2) is 0 Å². The van der Waals surface area contributed by atoms with Gasteiger partial charge >= 0.3 is 41.1 Å². The van der Waals surface area contributed by atoms with Gasteiger partial charge in [-0.25, -0.2) is 28.1 Å². The molecule has 0 radical (unpaired) electrons. The summed E-state index contributed by atoms with van der Waals surface area (Å²) >= 11 is 0. The molecule has 29 heteroatoms. The minimum Gasteiger partial charge on any atom is -0.457 e. The Labute approximate surface area is 378 Å². The second kappa shape index (κ2) is 25.5. The monoisotopic (exact) mass is 996 g/mol. The molecule has 3 aromatic rings. The number of nitrogens with zero attached hydrogens (tertiary/aromatic N) is 2. The van der Waals surface area contributed by atoms with E-state index < -0.39 is 84.8 Å². The zero-order chi connectivity index (χ0) is 48.7. The summed E-state index contributed by atoms with van der Waals surface area (Å²) in [4.78, 5) is 81.3. The number of benzene rings is 2. The van der Waals surface area contributed by atoms with Crippen LogP contribution in [0.5, 0.6) is 0 Å². The standard InChI is InChI=1S/C37H55N6O20P3/c1-23(39)27-5-3-4-6-28(27)36(45)61-31-18-33(60-32(31)22-59-65(50,51)63-66(52,53)62-64(47,48)49)43-19-26(34(41)42-37(43)46)21-58-35(44)29-8-7-25(17-30(29)24(2)40)20-57-16-15-56-14-13-55-12-11-54-10-9-38/h3-8,17,19,23-24,31-33H,9-16,18,20-22,38-40H2,1-2H3,(H,50,51)(H,52,53)(H2,41,42,46)(H2,47,48,49)/t23?,24-,31-,32?,33-/m1/s1. The summed E-state index contributed by atoms with van der Waals surface area (Å²) in [6.45, 7) is 5.12. The van der Waals surface area contributed by atoms with E-state index in [2.05, 4.69) is 13.6 Å². The van der Waals surface area contributed by atoms with Crippen molar-refractivity contribution in [3.05, 3.63) is 92.5 Å². The van der Waals surface area contributed by atoms with Crippen molar-refractivity contribution in [1.29, 1.82) is 0 Å². The Kier molecular flexibility index (Phi) is 21.2. The molecule has 0 bridgehead atoms. The van der Waals surface area contributed by atoms with Crippen LogP contribution in [-0.4, -0.2) is 113 Å². The van der Waals surface area contributed by atoms with Gasteiger partial charge in [0, 0.05) is 36.8 Å². The molecule has 1 saturated heterocycles. The van der Waals surface area contributed by atoms with Crippen LogP contribution < -0.4 is 28.6 Å². The van der Waals surface area contributed by atoms with Crippen LogP contribution in [0.1, 0.15) is 81.5 Å². The van der Waals surface area contributed by atoms with E-state index in [4.69, 9.17) is 70.4 Å². The number of ether oxygens (including phenoxy) is 7. The van der Waals surface area contributed by atoms with Crippen molar-refractivity contribution in [3.8, 4) is 0 Å². The van der Waals surface area contributed by atoms with Gasteiger partial charge < -0.3 is 75.7 Å². The van der Waals surface area contributed by atoms with Crippen molar-refractivity contribution in [1.82, 2.24) is 9.55 Å². The molecule has 1 aliphatic rings. The van der Waals surface area contributed by atoms with Crippen LogP contribution in [0, 0.1) is 0 Å². The molecular formula is C37H55N6O20P3. The van der Waals surface area contributed by atoms with Crippen LogP contribution in [0.4, 0.5) is 5.82 Å². The summed E-state index contributed by atoms with van der Waals surface area (Å²) in [5.74, 6) is -2.03. The van der Waals surface area contributed by atoms with Gasteiger partial charge in [-0.3, -0.25) is 9.09 Å². The van der Waals surface area contributed by atoms with E-state index in [-0.39, 0.29) is 42.1 Å². The van der Waals surface area contributed by atoms with Crippen LogP contribution >= 0.6 is 23.5 Å². The lowest BCUT2D eigenvalue weighted by Crippen LogP contribution is -2.31. The van der Waals surface area contributed by atoms with Crippen LogP contribution in [-0.2, 0) is 73.2 Å². The Morgan fingerprint density at radius 2 is 1.42 bits per heavy atom. The summed E-state index contributed by atoms with van der Waals surface area (Å²) in [6, 6.07) is 9.86. The van der Waals surface area contributed by atoms with E-state index in [1.165, 1.54) is 18.3 Å². The lowest BCUT2D eigenvalue weighted by atomic mass is 9.99. The Balaban J connectivity index is 1.44. The SMILES string of the molecule is CC(N)c1ccccc1C(=O)O[C@@H]1C[C@H](n2cc(COC(=O)c3ccc(COCCOCCOCCOCCN)cc3[C@@H](C)N)c(N)nc2=O)OC1COP(=O)(O)OP(=O)(O)OP(=O)(O)O.